The predicted octanol–water partition coefficient (Wildman–Crippen LogP) is 3.29. The first-order valence-electron chi connectivity index (χ1n) is 7.22. The summed E-state index contributed by atoms with van der Waals surface area (Å²) in [6.07, 6.45) is 0. The summed E-state index contributed by atoms with van der Waals surface area (Å²) in [5.74, 6) is 0.233. The van der Waals surface area contributed by atoms with Crippen LogP contribution in [0.3, 0.4) is 0 Å². The molecule has 0 unspecified atom stereocenters. The molecule has 0 atom stereocenters. The van der Waals surface area contributed by atoms with Crippen LogP contribution in [-0.4, -0.2) is 18.0 Å². The Morgan fingerprint density at radius 2 is 1.96 bits per heavy atom. The first-order valence-corrected chi connectivity index (χ1v) is 7.22. The van der Waals surface area contributed by atoms with Crippen molar-refractivity contribution >= 4 is 16.8 Å². The Morgan fingerprint density at radius 1 is 1.17 bits per heavy atom. The van der Waals surface area contributed by atoms with E-state index in [1.54, 1.807) is 19.2 Å². The molecule has 2 heterocycles. The number of rotatable bonds is 2. The maximum atomic E-state index is 13.3. The SMILES string of the molecule is COc1ccc2nc3c(c(-c4ccc(F)cc4)c2c1)CNC3=O. The van der Waals surface area contributed by atoms with Gasteiger partial charge in [-0.2, -0.15) is 0 Å². The molecule has 0 saturated carbocycles. The fourth-order valence-electron chi connectivity index (χ4n) is 2.97. The molecule has 0 spiro atoms. The van der Waals surface area contributed by atoms with Crippen LogP contribution in [-0.2, 0) is 6.54 Å². The molecule has 0 bridgehead atoms. The standard InChI is InChI=1S/C18H13FN2O2/c1-23-12-6-7-15-13(8-12)16(10-2-4-11(19)5-3-10)14-9-20-18(22)17(14)21-15/h2-8H,9H2,1H3,(H,20,22). The van der Waals surface area contributed by atoms with E-state index in [0.29, 0.717) is 23.5 Å². The summed E-state index contributed by atoms with van der Waals surface area (Å²) < 4.78 is 18.6. The largest absolute Gasteiger partial charge is 0.497 e. The van der Waals surface area contributed by atoms with Crippen LogP contribution in [0.5, 0.6) is 5.75 Å². The number of carbonyl (C=O) groups is 1. The fourth-order valence-corrected chi connectivity index (χ4v) is 2.97. The van der Waals surface area contributed by atoms with Crippen LogP contribution >= 0.6 is 0 Å². The van der Waals surface area contributed by atoms with Crippen molar-refractivity contribution in [3.63, 3.8) is 0 Å². The van der Waals surface area contributed by atoms with E-state index in [1.165, 1.54) is 12.1 Å². The molecule has 5 heteroatoms. The second kappa shape index (κ2) is 5.05. The van der Waals surface area contributed by atoms with Crippen molar-refractivity contribution in [1.82, 2.24) is 10.3 Å². The quantitative estimate of drug-likeness (QED) is 0.790. The van der Waals surface area contributed by atoms with E-state index < -0.39 is 0 Å². The van der Waals surface area contributed by atoms with Crippen LogP contribution in [0.4, 0.5) is 4.39 Å². The molecule has 3 aromatic rings. The minimum Gasteiger partial charge on any atom is -0.497 e. The normalized spacial score (nSPS) is 13.0. The molecule has 2 aromatic carbocycles. The van der Waals surface area contributed by atoms with Gasteiger partial charge in [-0.3, -0.25) is 4.79 Å². The highest BCUT2D eigenvalue weighted by Gasteiger charge is 2.26. The van der Waals surface area contributed by atoms with Gasteiger partial charge in [-0.15, -0.1) is 0 Å². The zero-order chi connectivity index (χ0) is 16.0. The third kappa shape index (κ3) is 2.12. The highest BCUT2D eigenvalue weighted by atomic mass is 19.1. The summed E-state index contributed by atoms with van der Waals surface area (Å²) in [6.45, 7) is 0.418. The van der Waals surface area contributed by atoms with E-state index in [0.717, 1.165) is 22.1 Å². The average Bonchev–Trinajstić information content (AvgIpc) is 2.94. The summed E-state index contributed by atoms with van der Waals surface area (Å²) in [4.78, 5) is 16.5. The van der Waals surface area contributed by atoms with E-state index in [1.807, 2.05) is 18.2 Å². The summed E-state index contributed by atoms with van der Waals surface area (Å²) in [6, 6.07) is 11.8. The van der Waals surface area contributed by atoms with Crippen LogP contribution < -0.4 is 10.1 Å². The molecule has 23 heavy (non-hydrogen) atoms. The maximum absolute atomic E-state index is 13.3. The van der Waals surface area contributed by atoms with Gasteiger partial charge in [0.2, 0.25) is 0 Å². The van der Waals surface area contributed by atoms with Gasteiger partial charge in [-0.25, -0.2) is 9.37 Å². The number of aromatic nitrogens is 1. The van der Waals surface area contributed by atoms with Crippen LogP contribution in [0.25, 0.3) is 22.0 Å². The van der Waals surface area contributed by atoms with E-state index in [4.69, 9.17) is 4.74 Å². The molecule has 0 fully saturated rings. The predicted molar refractivity (Wildman–Crippen MR) is 84.9 cm³/mol. The minimum atomic E-state index is -0.296. The minimum absolute atomic E-state index is 0.180. The number of carbonyl (C=O) groups excluding carboxylic acids is 1. The molecule has 1 aliphatic rings. The van der Waals surface area contributed by atoms with Gasteiger partial charge < -0.3 is 10.1 Å². The summed E-state index contributed by atoms with van der Waals surface area (Å²) in [5, 5.41) is 3.68. The number of pyridine rings is 1. The molecule has 114 valence electrons. The van der Waals surface area contributed by atoms with Gasteiger partial charge in [-0.05, 0) is 41.5 Å². The van der Waals surface area contributed by atoms with Crippen molar-refractivity contribution in [3.05, 3.63) is 59.5 Å². The summed E-state index contributed by atoms with van der Waals surface area (Å²) in [5.41, 5.74) is 3.72. The molecule has 1 N–H and O–H groups in total. The zero-order valence-corrected chi connectivity index (χ0v) is 12.4. The topological polar surface area (TPSA) is 51.2 Å². The average molecular weight is 308 g/mol. The smallest absolute Gasteiger partial charge is 0.270 e. The molecule has 4 rings (SSSR count). The second-order valence-electron chi connectivity index (χ2n) is 5.39. The van der Waals surface area contributed by atoms with E-state index in [9.17, 15) is 9.18 Å². The second-order valence-corrected chi connectivity index (χ2v) is 5.39. The van der Waals surface area contributed by atoms with Crippen molar-refractivity contribution in [2.24, 2.45) is 0 Å². The van der Waals surface area contributed by atoms with Gasteiger partial charge in [0.1, 0.15) is 17.3 Å². The van der Waals surface area contributed by atoms with Crippen molar-refractivity contribution in [2.75, 3.05) is 7.11 Å². The highest BCUT2D eigenvalue weighted by Crippen LogP contribution is 2.36. The Bertz CT molecular complexity index is 936. The van der Waals surface area contributed by atoms with Crippen molar-refractivity contribution in [1.29, 1.82) is 0 Å². The number of hydrogen-bond donors (Lipinski definition) is 1. The number of methoxy groups -OCH3 is 1. The van der Waals surface area contributed by atoms with Gasteiger partial charge in [0.15, 0.2) is 0 Å². The molecule has 0 aliphatic carbocycles. The van der Waals surface area contributed by atoms with Crippen molar-refractivity contribution < 1.29 is 13.9 Å². The first-order chi connectivity index (χ1) is 11.2. The molecule has 0 saturated heterocycles. The molecular weight excluding hydrogens is 295 g/mol. The third-order valence-corrected chi connectivity index (χ3v) is 4.07. The van der Waals surface area contributed by atoms with Crippen LogP contribution in [0.15, 0.2) is 42.5 Å². The first kappa shape index (κ1) is 13.7. The van der Waals surface area contributed by atoms with Crippen LogP contribution in [0.2, 0.25) is 0 Å². The third-order valence-electron chi connectivity index (χ3n) is 4.07. The van der Waals surface area contributed by atoms with Gasteiger partial charge in [-0.1, -0.05) is 12.1 Å². The van der Waals surface area contributed by atoms with Gasteiger partial charge in [0, 0.05) is 17.5 Å². The van der Waals surface area contributed by atoms with E-state index in [-0.39, 0.29) is 11.7 Å². The number of benzene rings is 2. The molecule has 4 nitrogen and oxygen atoms in total. The lowest BCUT2D eigenvalue weighted by Gasteiger charge is -2.12. The number of nitrogens with zero attached hydrogens (tertiary/aromatic N) is 1. The zero-order valence-electron chi connectivity index (χ0n) is 12.4. The molecule has 1 amide bonds. The Balaban J connectivity index is 2.10. The maximum Gasteiger partial charge on any atom is 0.270 e. The monoisotopic (exact) mass is 308 g/mol. The van der Waals surface area contributed by atoms with Crippen molar-refractivity contribution in [2.45, 2.75) is 6.54 Å². The number of hydrogen-bond acceptors (Lipinski definition) is 3. The van der Waals surface area contributed by atoms with E-state index >= 15 is 0 Å². The lowest BCUT2D eigenvalue weighted by Crippen LogP contribution is -2.13. The number of halogens is 1. The Labute approximate surface area is 131 Å². The van der Waals surface area contributed by atoms with Crippen LogP contribution in [0, 0.1) is 5.82 Å². The fraction of sp³-hybridized carbons (Fsp3) is 0.111. The summed E-state index contributed by atoms with van der Waals surface area (Å²) >= 11 is 0. The van der Waals surface area contributed by atoms with Crippen molar-refractivity contribution in [3.8, 4) is 16.9 Å². The Kier molecular flexibility index (Phi) is 3.01. The molecule has 0 radical (unpaired) electrons. The summed E-state index contributed by atoms with van der Waals surface area (Å²) in [7, 11) is 1.60. The lowest BCUT2D eigenvalue weighted by atomic mass is 9.95. The molecule has 1 aromatic heterocycles. The van der Waals surface area contributed by atoms with Gasteiger partial charge >= 0.3 is 0 Å². The number of amides is 1. The Morgan fingerprint density at radius 3 is 2.70 bits per heavy atom. The number of nitrogens with one attached hydrogen (secondary N) is 1. The molecule has 1 aliphatic heterocycles. The van der Waals surface area contributed by atoms with Crippen LogP contribution in [0.1, 0.15) is 16.1 Å². The number of ether oxygens (including phenoxy) is 1. The highest BCUT2D eigenvalue weighted by molar-refractivity contribution is 6.06. The number of fused-ring (bicyclic) bond motifs is 2. The Hall–Kier alpha value is -2.95. The lowest BCUT2D eigenvalue weighted by molar-refractivity contribution is 0.0962. The molecular formula is C18H13FN2O2. The van der Waals surface area contributed by atoms with E-state index in [2.05, 4.69) is 10.3 Å². The van der Waals surface area contributed by atoms with Gasteiger partial charge in [0.05, 0.1) is 12.6 Å². The van der Waals surface area contributed by atoms with Gasteiger partial charge in [0.25, 0.3) is 5.91 Å².